The van der Waals surface area contributed by atoms with Gasteiger partial charge in [-0.15, -0.1) is 12.4 Å². The third-order valence-electron chi connectivity index (χ3n) is 4.41. The Bertz CT molecular complexity index is 489. The summed E-state index contributed by atoms with van der Waals surface area (Å²) in [6, 6.07) is 0.247. The fourth-order valence-electron chi connectivity index (χ4n) is 3.28. The second kappa shape index (κ2) is 6.14. The zero-order chi connectivity index (χ0) is 13.4. The first-order chi connectivity index (χ1) is 9.20. The highest BCUT2D eigenvalue weighted by atomic mass is 35.5. The number of halogens is 1. The summed E-state index contributed by atoms with van der Waals surface area (Å²) in [5, 5.41) is 4.03. The monoisotopic (exact) mass is 299 g/mol. The lowest BCUT2D eigenvalue weighted by molar-refractivity contribution is 0.0732. The first kappa shape index (κ1) is 15.3. The number of nitrogens with two attached hydrogens (primary N) is 1. The van der Waals surface area contributed by atoms with E-state index < -0.39 is 0 Å². The third kappa shape index (κ3) is 2.56. The number of carbonyl (C=O) groups excluding carboxylic acids is 1. The fraction of sp³-hybridized carbons (Fsp3) is 0.714. The predicted octanol–water partition coefficient (Wildman–Crippen LogP) is 1.78. The lowest BCUT2D eigenvalue weighted by Gasteiger charge is -2.21. The van der Waals surface area contributed by atoms with E-state index in [4.69, 9.17) is 10.3 Å². The maximum absolute atomic E-state index is 12.6. The number of amides is 1. The Labute approximate surface area is 125 Å². The number of nitrogens with zero attached hydrogens (tertiary/aromatic N) is 2. The van der Waals surface area contributed by atoms with Gasteiger partial charge in [-0.3, -0.25) is 4.79 Å². The molecule has 1 fully saturated rings. The van der Waals surface area contributed by atoms with Crippen molar-refractivity contribution in [3.8, 4) is 0 Å². The molecule has 112 valence electrons. The van der Waals surface area contributed by atoms with E-state index in [1.54, 1.807) is 0 Å². The normalized spacial score (nSPS) is 25.2. The van der Waals surface area contributed by atoms with Gasteiger partial charge >= 0.3 is 0 Å². The number of hydrogen-bond donors (Lipinski definition) is 1. The summed E-state index contributed by atoms with van der Waals surface area (Å²) in [6.07, 6.45) is 5.07. The van der Waals surface area contributed by atoms with Gasteiger partial charge in [-0.1, -0.05) is 5.16 Å². The van der Waals surface area contributed by atoms with Crippen LogP contribution in [0.15, 0.2) is 4.52 Å². The van der Waals surface area contributed by atoms with E-state index in [-0.39, 0.29) is 24.4 Å². The Morgan fingerprint density at radius 3 is 2.90 bits per heavy atom. The van der Waals surface area contributed by atoms with E-state index >= 15 is 0 Å². The molecule has 1 aromatic heterocycles. The molecule has 0 radical (unpaired) electrons. The standard InChI is InChI=1S/C14H21N3O2.ClH/c1-9-6-10(7-15)8-17(9)14(18)13-11-4-2-3-5-12(11)19-16-13;/h9-10H,2-8,15H2,1H3;1H. The summed E-state index contributed by atoms with van der Waals surface area (Å²) in [6.45, 7) is 3.48. The average molecular weight is 300 g/mol. The number of rotatable bonds is 2. The molecule has 2 N–H and O–H groups in total. The second-order valence-corrected chi connectivity index (χ2v) is 5.78. The molecule has 3 rings (SSSR count). The molecule has 1 amide bonds. The molecule has 1 aromatic rings. The number of aryl methyl sites for hydroxylation is 1. The third-order valence-corrected chi connectivity index (χ3v) is 4.41. The van der Waals surface area contributed by atoms with E-state index in [0.717, 1.165) is 50.0 Å². The second-order valence-electron chi connectivity index (χ2n) is 5.78. The van der Waals surface area contributed by atoms with Crippen LogP contribution in [-0.2, 0) is 12.8 Å². The maximum atomic E-state index is 12.6. The summed E-state index contributed by atoms with van der Waals surface area (Å²) in [4.78, 5) is 14.5. The van der Waals surface area contributed by atoms with Gasteiger partial charge in [0.2, 0.25) is 0 Å². The molecule has 20 heavy (non-hydrogen) atoms. The van der Waals surface area contributed by atoms with Crippen LogP contribution in [0.1, 0.15) is 48.0 Å². The van der Waals surface area contributed by atoms with Crippen molar-refractivity contribution >= 4 is 18.3 Å². The van der Waals surface area contributed by atoms with E-state index in [1.807, 2.05) is 4.90 Å². The number of likely N-dealkylation sites (tertiary alicyclic amines) is 1. The zero-order valence-corrected chi connectivity index (χ0v) is 12.6. The molecule has 2 atom stereocenters. The molecule has 1 aliphatic carbocycles. The molecule has 2 unspecified atom stereocenters. The van der Waals surface area contributed by atoms with Gasteiger partial charge in [0.25, 0.3) is 5.91 Å². The number of fused-ring (bicyclic) bond motifs is 1. The Balaban J connectivity index is 0.00000147. The van der Waals surface area contributed by atoms with E-state index in [2.05, 4.69) is 12.1 Å². The molecule has 5 nitrogen and oxygen atoms in total. The topological polar surface area (TPSA) is 72.4 Å². The lowest BCUT2D eigenvalue weighted by Crippen LogP contribution is -2.35. The number of aromatic nitrogens is 1. The van der Waals surface area contributed by atoms with Crippen LogP contribution in [0, 0.1) is 5.92 Å². The molecule has 0 spiro atoms. The fourth-order valence-corrected chi connectivity index (χ4v) is 3.28. The van der Waals surface area contributed by atoms with Crippen molar-refractivity contribution in [3.63, 3.8) is 0 Å². The largest absolute Gasteiger partial charge is 0.360 e. The van der Waals surface area contributed by atoms with Crippen molar-refractivity contribution in [3.05, 3.63) is 17.0 Å². The molecule has 2 heterocycles. The maximum Gasteiger partial charge on any atom is 0.276 e. The van der Waals surface area contributed by atoms with E-state index in [9.17, 15) is 4.79 Å². The summed E-state index contributed by atoms with van der Waals surface area (Å²) in [5.41, 5.74) is 7.30. The predicted molar refractivity (Wildman–Crippen MR) is 78.1 cm³/mol. The average Bonchev–Trinajstić information content (AvgIpc) is 3.01. The van der Waals surface area contributed by atoms with Crippen LogP contribution in [0.4, 0.5) is 0 Å². The van der Waals surface area contributed by atoms with Crippen molar-refractivity contribution < 1.29 is 9.32 Å². The zero-order valence-electron chi connectivity index (χ0n) is 11.8. The summed E-state index contributed by atoms with van der Waals surface area (Å²) in [5.74, 6) is 1.36. The minimum atomic E-state index is 0. The van der Waals surface area contributed by atoms with Crippen molar-refractivity contribution in [1.82, 2.24) is 10.1 Å². The summed E-state index contributed by atoms with van der Waals surface area (Å²) >= 11 is 0. The Morgan fingerprint density at radius 2 is 2.20 bits per heavy atom. The van der Waals surface area contributed by atoms with Crippen LogP contribution in [0.25, 0.3) is 0 Å². The van der Waals surface area contributed by atoms with Gasteiger partial charge < -0.3 is 15.2 Å². The van der Waals surface area contributed by atoms with Crippen LogP contribution in [0.5, 0.6) is 0 Å². The van der Waals surface area contributed by atoms with Crippen LogP contribution < -0.4 is 5.73 Å². The van der Waals surface area contributed by atoms with Crippen LogP contribution in [0.3, 0.4) is 0 Å². The Kier molecular flexibility index (Phi) is 4.70. The van der Waals surface area contributed by atoms with Gasteiger partial charge in [0, 0.05) is 24.6 Å². The highest BCUT2D eigenvalue weighted by Gasteiger charge is 2.35. The molecule has 0 saturated carbocycles. The molecule has 1 saturated heterocycles. The molecule has 2 aliphatic rings. The number of carbonyl (C=O) groups is 1. The van der Waals surface area contributed by atoms with E-state index in [0.29, 0.717) is 18.2 Å². The lowest BCUT2D eigenvalue weighted by atomic mass is 9.96. The molecular weight excluding hydrogens is 278 g/mol. The van der Waals surface area contributed by atoms with Gasteiger partial charge in [0.1, 0.15) is 5.76 Å². The quantitative estimate of drug-likeness (QED) is 0.903. The first-order valence-corrected chi connectivity index (χ1v) is 7.19. The molecular formula is C14H22ClN3O2. The number of hydrogen-bond acceptors (Lipinski definition) is 4. The van der Waals surface area contributed by atoms with Crippen molar-refractivity contribution in [2.75, 3.05) is 13.1 Å². The smallest absolute Gasteiger partial charge is 0.276 e. The van der Waals surface area contributed by atoms with Gasteiger partial charge in [-0.2, -0.15) is 0 Å². The molecule has 0 bridgehead atoms. The van der Waals surface area contributed by atoms with E-state index in [1.165, 1.54) is 0 Å². The van der Waals surface area contributed by atoms with Gasteiger partial charge in [-0.25, -0.2) is 0 Å². The van der Waals surface area contributed by atoms with Gasteiger partial charge in [0.15, 0.2) is 5.69 Å². The highest BCUT2D eigenvalue weighted by molar-refractivity contribution is 5.94. The summed E-state index contributed by atoms with van der Waals surface area (Å²) in [7, 11) is 0. The molecule has 0 aromatic carbocycles. The summed E-state index contributed by atoms with van der Waals surface area (Å²) < 4.78 is 5.33. The Hall–Kier alpha value is -1.07. The van der Waals surface area contributed by atoms with Crippen molar-refractivity contribution in [2.24, 2.45) is 11.7 Å². The first-order valence-electron chi connectivity index (χ1n) is 7.19. The Morgan fingerprint density at radius 1 is 1.45 bits per heavy atom. The van der Waals surface area contributed by atoms with Crippen LogP contribution in [0.2, 0.25) is 0 Å². The van der Waals surface area contributed by atoms with Gasteiger partial charge in [0.05, 0.1) is 0 Å². The minimum Gasteiger partial charge on any atom is -0.360 e. The SMILES string of the molecule is CC1CC(CN)CN1C(=O)c1noc2c1CCCC2.Cl. The van der Waals surface area contributed by atoms with Crippen molar-refractivity contribution in [1.29, 1.82) is 0 Å². The molecule has 6 heteroatoms. The van der Waals surface area contributed by atoms with Crippen molar-refractivity contribution in [2.45, 2.75) is 45.1 Å². The van der Waals surface area contributed by atoms with Crippen LogP contribution in [-0.4, -0.2) is 35.1 Å². The minimum absolute atomic E-state index is 0. The highest BCUT2D eigenvalue weighted by Crippen LogP contribution is 2.28. The molecule has 1 aliphatic heterocycles. The van der Waals surface area contributed by atoms with Crippen LogP contribution >= 0.6 is 12.4 Å². The van der Waals surface area contributed by atoms with Gasteiger partial charge in [-0.05, 0) is 45.1 Å².